The van der Waals surface area contributed by atoms with E-state index in [0.29, 0.717) is 5.75 Å². The van der Waals surface area contributed by atoms with Crippen molar-refractivity contribution in [2.24, 2.45) is 0 Å². The molecule has 0 unspecified atom stereocenters. The maximum absolute atomic E-state index is 12.6. The van der Waals surface area contributed by atoms with Gasteiger partial charge in [-0.1, -0.05) is 48.9 Å². The average molecular weight is 371 g/mol. The summed E-state index contributed by atoms with van der Waals surface area (Å²) in [6.45, 7) is 6.24. The Kier molecular flexibility index (Phi) is 4.78. The molecule has 2 aliphatic rings. The summed E-state index contributed by atoms with van der Waals surface area (Å²) in [6, 6.07) is 8.41. The van der Waals surface area contributed by atoms with Gasteiger partial charge in [0.2, 0.25) is 5.91 Å². The van der Waals surface area contributed by atoms with Crippen LogP contribution in [0.25, 0.3) is 11.4 Å². The molecule has 1 amide bonds. The minimum atomic E-state index is -0.0961. The monoisotopic (exact) mass is 370 g/mol. The van der Waals surface area contributed by atoms with Gasteiger partial charge in [-0.25, -0.2) is 0 Å². The molecule has 1 aromatic heterocycles. The zero-order chi connectivity index (χ0) is 18.1. The van der Waals surface area contributed by atoms with Gasteiger partial charge in [-0.3, -0.25) is 9.36 Å². The summed E-state index contributed by atoms with van der Waals surface area (Å²) < 4.78 is 2.22. The molecule has 3 heterocycles. The van der Waals surface area contributed by atoms with Crippen LogP contribution < -0.4 is 0 Å². The lowest BCUT2D eigenvalue weighted by atomic mass is 9.87. The van der Waals surface area contributed by atoms with Crippen LogP contribution in [0.3, 0.4) is 0 Å². The van der Waals surface area contributed by atoms with Crippen LogP contribution in [0, 0.1) is 0 Å². The van der Waals surface area contributed by atoms with Gasteiger partial charge < -0.3 is 4.90 Å². The molecule has 0 saturated carbocycles. The third-order valence-corrected chi connectivity index (χ3v) is 6.32. The van der Waals surface area contributed by atoms with Crippen LogP contribution in [0.2, 0.25) is 0 Å². The number of hydrogen-bond acceptors (Lipinski definition) is 4. The summed E-state index contributed by atoms with van der Waals surface area (Å²) >= 11 is 1.53. The first kappa shape index (κ1) is 17.6. The first-order valence-electron chi connectivity index (χ1n) is 9.51. The van der Waals surface area contributed by atoms with Crippen molar-refractivity contribution < 1.29 is 4.79 Å². The number of likely N-dealkylation sites (tertiary alicyclic amines) is 1. The lowest BCUT2D eigenvalue weighted by molar-refractivity contribution is -0.128. The molecule has 2 aliphatic heterocycles. The van der Waals surface area contributed by atoms with Crippen molar-refractivity contribution in [2.45, 2.75) is 56.6 Å². The van der Waals surface area contributed by atoms with Gasteiger partial charge in [0.25, 0.3) is 0 Å². The topological polar surface area (TPSA) is 51.0 Å². The molecule has 26 heavy (non-hydrogen) atoms. The molecule has 0 bridgehead atoms. The van der Waals surface area contributed by atoms with E-state index in [2.05, 4.69) is 46.8 Å². The number of aromatic nitrogens is 3. The van der Waals surface area contributed by atoms with E-state index in [1.54, 1.807) is 0 Å². The predicted octanol–water partition coefficient (Wildman–Crippen LogP) is 3.73. The number of carbonyl (C=O) groups is 1. The number of amides is 1. The van der Waals surface area contributed by atoms with E-state index in [4.69, 9.17) is 0 Å². The van der Waals surface area contributed by atoms with Crippen LogP contribution >= 0.6 is 11.8 Å². The molecule has 1 aromatic carbocycles. The summed E-state index contributed by atoms with van der Waals surface area (Å²) in [5, 5.41) is 9.75. The number of hydrogen-bond donors (Lipinski definition) is 0. The third-order valence-electron chi connectivity index (χ3n) is 5.40. The van der Waals surface area contributed by atoms with Gasteiger partial charge in [0, 0.05) is 24.2 Å². The number of nitrogens with zero attached hydrogens (tertiary/aromatic N) is 4. The highest BCUT2D eigenvalue weighted by Gasteiger charge is 2.34. The molecular weight excluding hydrogens is 344 g/mol. The maximum atomic E-state index is 12.6. The SMILES string of the molecule is CC1(C)Cc2ccccc2-c2nnc(SCC(=O)N3CCCCCC3)n21. The highest BCUT2D eigenvalue weighted by molar-refractivity contribution is 7.99. The van der Waals surface area contributed by atoms with Crippen LogP contribution in [0.1, 0.15) is 45.1 Å². The fraction of sp³-hybridized carbons (Fsp3) is 0.550. The Labute approximate surface area is 159 Å². The van der Waals surface area contributed by atoms with Crippen LogP contribution in [-0.2, 0) is 16.8 Å². The number of carbonyl (C=O) groups excluding carboxylic acids is 1. The van der Waals surface area contributed by atoms with Crippen molar-refractivity contribution in [3.05, 3.63) is 29.8 Å². The highest BCUT2D eigenvalue weighted by atomic mass is 32.2. The van der Waals surface area contributed by atoms with Crippen molar-refractivity contribution in [3.8, 4) is 11.4 Å². The summed E-state index contributed by atoms with van der Waals surface area (Å²) in [6.07, 6.45) is 5.67. The highest BCUT2D eigenvalue weighted by Crippen LogP contribution is 2.39. The van der Waals surface area contributed by atoms with Crippen molar-refractivity contribution >= 4 is 17.7 Å². The Balaban J connectivity index is 1.54. The minimum Gasteiger partial charge on any atom is -0.342 e. The number of thioether (sulfide) groups is 1. The molecule has 0 aliphatic carbocycles. The smallest absolute Gasteiger partial charge is 0.233 e. The van der Waals surface area contributed by atoms with Gasteiger partial charge in [0.15, 0.2) is 11.0 Å². The molecule has 0 atom stereocenters. The second-order valence-electron chi connectivity index (χ2n) is 7.87. The Morgan fingerprint density at radius 2 is 1.85 bits per heavy atom. The van der Waals surface area contributed by atoms with Gasteiger partial charge in [-0.05, 0) is 38.7 Å². The van der Waals surface area contributed by atoms with Crippen molar-refractivity contribution in [2.75, 3.05) is 18.8 Å². The molecule has 0 radical (unpaired) electrons. The van der Waals surface area contributed by atoms with Gasteiger partial charge in [0.05, 0.1) is 5.75 Å². The molecule has 138 valence electrons. The van der Waals surface area contributed by atoms with Crippen molar-refractivity contribution in [1.82, 2.24) is 19.7 Å². The summed E-state index contributed by atoms with van der Waals surface area (Å²) in [5.74, 6) is 1.58. The third kappa shape index (κ3) is 3.27. The van der Waals surface area contributed by atoms with E-state index in [0.717, 1.165) is 48.9 Å². The standard InChI is InChI=1S/C20H26N4OS/c1-20(2)13-15-9-5-6-10-16(15)18-21-22-19(24(18)20)26-14-17(25)23-11-7-3-4-8-12-23/h5-6,9-10H,3-4,7-8,11-14H2,1-2H3. The lowest BCUT2D eigenvalue weighted by Gasteiger charge is -2.34. The van der Waals surface area contributed by atoms with E-state index >= 15 is 0 Å². The molecule has 2 aromatic rings. The van der Waals surface area contributed by atoms with Gasteiger partial charge in [-0.2, -0.15) is 0 Å². The number of benzene rings is 1. The largest absolute Gasteiger partial charge is 0.342 e. The second kappa shape index (κ2) is 7.06. The van der Waals surface area contributed by atoms with Crippen molar-refractivity contribution in [3.63, 3.8) is 0 Å². The quantitative estimate of drug-likeness (QED) is 0.773. The summed E-state index contributed by atoms with van der Waals surface area (Å²) in [5.41, 5.74) is 2.38. The zero-order valence-corrected chi connectivity index (χ0v) is 16.4. The number of rotatable bonds is 3. The Hall–Kier alpha value is -1.82. The van der Waals surface area contributed by atoms with Crippen molar-refractivity contribution in [1.29, 1.82) is 0 Å². The van der Waals surface area contributed by atoms with E-state index in [9.17, 15) is 4.79 Å². The van der Waals surface area contributed by atoms with Crippen LogP contribution in [0.5, 0.6) is 0 Å². The molecule has 4 rings (SSSR count). The fourth-order valence-corrected chi connectivity index (χ4v) is 5.06. The maximum Gasteiger partial charge on any atom is 0.233 e. The molecule has 1 saturated heterocycles. The Bertz CT molecular complexity index is 806. The summed E-state index contributed by atoms with van der Waals surface area (Å²) in [7, 11) is 0. The molecule has 5 nitrogen and oxygen atoms in total. The van der Waals surface area contributed by atoms with E-state index in [1.807, 2.05) is 11.0 Å². The molecule has 6 heteroatoms. The minimum absolute atomic E-state index is 0.0961. The van der Waals surface area contributed by atoms with Gasteiger partial charge in [-0.15, -0.1) is 10.2 Å². The molecular formula is C20H26N4OS. The van der Waals surface area contributed by atoms with Gasteiger partial charge >= 0.3 is 0 Å². The predicted molar refractivity (Wildman–Crippen MR) is 104 cm³/mol. The summed E-state index contributed by atoms with van der Waals surface area (Å²) in [4.78, 5) is 14.6. The Morgan fingerprint density at radius 1 is 1.12 bits per heavy atom. The first-order chi connectivity index (χ1) is 12.6. The van der Waals surface area contributed by atoms with Gasteiger partial charge in [0.1, 0.15) is 0 Å². The molecule has 0 spiro atoms. The first-order valence-corrected chi connectivity index (χ1v) is 10.5. The number of fused-ring (bicyclic) bond motifs is 3. The average Bonchev–Trinajstić information content (AvgIpc) is 2.87. The van der Waals surface area contributed by atoms with E-state index < -0.39 is 0 Å². The van der Waals surface area contributed by atoms with Crippen LogP contribution in [0.4, 0.5) is 0 Å². The lowest BCUT2D eigenvalue weighted by Crippen LogP contribution is -2.35. The molecule has 0 N–H and O–H groups in total. The van der Waals surface area contributed by atoms with E-state index in [1.165, 1.54) is 30.2 Å². The normalized spacial score (nSPS) is 18.8. The van der Waals surface area contributed by atoms with Crippen LogP contribution in [-0.4, -0.2) is 44.4 Å². The second-order valence-corrected chi connectivity index (χ2v) is 8.81. The fourth-order valence-electron chi connectivity index (χ4n) is 4.06. The zero-order valence-electron chi connectivity index (χ0n) is 15.6. The van der Waals surface area contributed by atoms with E-state index in [-0.39, 0.29) is 11.4 Å². The van der Waals surface area contributed by atoms with Crippen LogP contribution in [0.15, 0.2) is 29.4 Å². The molecule has 1 fully saturated rings. The Morgan fingerprint density at radius 3 is 2.62 bits per heavy atom.